The first-order valence-corrected chi connectivity index (χ1v) is 8.20. The van der Waals surface area contributed by atoms with Crippen molar-refractivity contribution in [3.05, 3.63) is 71.6 Å². The standard InChI is InChI=1S/C21H21NO4/c1-24-12-11-16-14-22(13-15-7-9-17(25-2)10-8-15)19-6-4-5-18(20(16)19)21(23)26-3/h4-12,14H,13H2,1-3H3. The maximum atomic E-state index is 12.2. The molecule has 0 saturated carbocycles. The van der Waals surface area contributed by atoms with Crippen LogP contribution in [0.5, 0.6) is 5.75 Å². The largest absolute Gasteiger partial charge is 0.504 e. The molecule has 0 radical (unpaired) electrons. The number of benzene rings is 2. The molecule has 2 aromatic carbocycles. The van der Waals surface area contributed by atoms with Gasteiger partial charge in [0.2, 0.25) is 0 Å². The van der Waals surface area contributed by atoms with Crippen molar-refractivity contribution in [3.63, 3.8) is 0 Å². The summed E-state index contributed by atoms with van der Waals surface area (Å²) in [7, 11) is 4.63. The average Bonchev–Trinajstić information content (AvgIpc) is 3.04. The van der Waals surface area contributed by atoms with E-state index >= 15 is 0 Å². The van der Waals surface area contributed by atoms with Gasteiger partial charge in [-0.05, 0) is 35.9 Å². The molecule has 0 bridgehead atoms. The molecule has 0 atom stereocenters. The van der Waals surface area contributed by atoms with Gasteiger partial charge in [-0.3, -0.25) is 0 Å². The summed E-state index contributed by atoms with van der Waals surface area (Å²) in [5, 5.41) is 0.848. The van der Waals surface area contributed by atoms with Gasteiger partial charge >= 0.3 is 5.97 Å². The Bertz CT molecular complexity index is 939. The molecule has 5 heteroatoms. The fourth-order valence-electron chi connectivity index (χ4n) is 2.99. The Morgan fingerprint density at radius 3 is 2.50 bits per heavy atom. The third kappa shape index (κ3) is 3.42. The third-order valence-electron chi connectivity index (χ3n) is 4.24. The molecule has 0 aliphatic heterocycles. The summed E-state index contributed by atoms with van der Waals surface area (Å²) in [6.07, 6.45) is 5.46. The normalized spacial score (nSPS) is 11.0. The molecule has 0 unspecified atom stereocenters. The summed E-state index contributed by atoms with van der Waals surface area (Å²) in [5.41, 5.74) is 3.53. The number of fused-ring (bicyclic) bond motifs is 1. The Kier molecular flexibility index (Phi) is 5.27. The van der Waals surface area contributed by atoms with Gasteiger partial charge in [-0.2, -0.15) is 0 Å². The molecule has 0 aliphatic rings. The highest BCUT2D eigenvalue weighted by atomic mass is 16.5. The molecule has 3 aromatic rings. The number of nitrogens with zero attached hydrogens (tertiary/aromatic N) is 1. The summed E-state index contributed by atoms with van der Waals surface area (Å²) in [4.78, 5) is 12.2. The second-order valence-electron chi connectivity index (χ2n) is 5.79. The molecule has 1 aromatic heterocycles. The Morgan fingerprint density at radius 1 is 1.08 bits per heavy atom. The Labute approximate surface area is 152 Å². The number of carbonyl (C=O) groups excluding carboxylic acids is 1. The quantitative estimate of drug-likeness (QED) is 0.495. The van der Waals surface area contributed by atoms with E-state index in [0.29, 0.717) is 12.1 Å². The smallest absolute Gasteiger partial charge is 0.338 e. The monoisotopic (exact) mass is 351 g/mol. The topological polar surface area (TPSA) is 49.7 Å². The van der Waals surface area contributed by atoms with Crippen LogP contribution in [-0.2, 0) is 16.0 Å². The summed E-state index contributed by atoms with van der Waals surface area (Å²) < 4.78 is 17.3. The van der Waals surface area contributed by atoms with Gasteiger partial charge in [0.15, 0.2) is 0 Å². The van der Waals surface area contributed by atoms with Crippen molar-refractivity contribution in [2.75, 3.05) is 21.3 Å². The van der Waals surface area contributed by atoms with Crippen molar-refractivity contribution in [2.24, 2.45) is 0 Å². The first kappa shape index (κ1) is 17.6. The third-order valence-corrected chi connectivity index (χ3v) is 4.24. The molecule has 1 heterocycles. The Hall–Kier alpha value is -3.21. The van der Waals surface area contributed by atoms with E-state index in [1.807, 2.05) is 48.7 Å². The maximum Gasteiger partial charge on any atom is 0.338 e. The molecule has 3 rings (SSSR count). The van der Waals surface area contributed by atoms with E-state index in [9.17, 15) is 4.79 Å². The van der Waals surface area contributed by atoms with Crippen LogP contribution >= 0.6 is 0 Å². The lowest BCUT2D eigenvalue weighted by atomic mass is 10.1. The van der Waals surface area contributed by atoms with Gasteiger partial charge in [0.25, 0.3) is 0 Å². The van der Waals surface area contributed by atoms with Gasteiger partial charge in [-0.25, -0.2) is 4.79 Å². The zero-order valence-corrected chi connectivity index (χ0v) is 15.1. The number of ether oxygens (including phenoxy) is 3. The molecule has 0 spiro atoms. The van der Waals surface area contributed by atoms with Crippen LogP contribution in [0.1, 0.15) is 21.5 Å². The summed E-state index contributed by atoms with van der Waals surface area (Å²) >= 11 is 0. The maximum absolute atomic E-state index is 12.2. The van der Waals surface area contributed by atoms with Gasteiger partial charge in [-0.15, -0.1) is 0 Å². The summed E-state index contributed by atoms with van der Waals surface area (Å²) in [6.45, 7) is 0.673. The lowest BCUT2D eigenvalue weighted by molar-refractivity contribution is 0.0603. The van der Waals surface area contributed by atoms with E-state index in [4.69, 9.17) is 14.2 Å². The van der Waals surface area contributed by atoms with Crippen LogP contribution in [0, 0.1) is 0 Å². The van der Waals surface area contributed by atoms with Gasteiger partial charge in [-0.1, -0.05) is 18.2 Å². The van der Waals surface area contributed by atoms with Gasteiger partial charge in [0, 0.05) is 29.2 Å². The molecular weight excluding hydrogens is 330 g/mol. The molecule has 0 N–H and O–H groups in total. The number of aromatic nitrogens is 1. The Balaban J connectivity index is 2.10. The van der Waals surface area contributed by atoms with Crippen LogP contribution in [0.25, 0.3) is 17.0 Å². The number of rotatable bonds is 6. The second-order valence-corrected chi connectivity index (χ2v) is 5.79. The molecule has 134 valence electrons. The van der Waals surface area contributed by atoms with Gasteiger partial charge < -0.3 is 18.8 Å². The van der Waals surface area contributed by atoms with Crippen molar-refractivity contribution in [2.45, 2.75) is 6.54 Å². The SMILES string of the molecule is COC=Cc1cn(Cc2ccc(OC)cc2)c2cccc(C(=O)OC)c12. The number of methoxy groups -OCH3 is 3. The average molecular weight is 351 g/mol. The predicted molar refractivity (Wildman–Crippen MR) is 101 cm³/mol. The summed E-state index contributed by atoms with van der Waals surface area (Å²) in [6, 6.07) is 13.6. The van der Waals surface area contributed by atoms with E-state index in [0.717, 1.165) is 27.8 Å². The lowest BCUT2D eigenvalue weighted by Crippen LogP contribution is -2.02. The highest BCUT2D eigenvalue weighted by Gasteiger charge is 2.16. The van der Waals surface area contributed by atoms with E-state index in [1.165, 1.54) is 7.11 Å². The minimum atomic E-state index is -0.357. The van der Waals surface area contributed by atoms with Crippen LogP contribution < -0.4 is 4.74 Å². The minimum absolute atomic E-state index is 0.357. The number of hydrogen-bond acceptors (Lipinski definition) is 4. The predicted octanol–water partition coefficient (Wildman–Crippen LogP) is 4.10. The number of esters is 1. The van der Waals surface area contributed by atoms with Crippen molar-refractivity contribution in [3.8, 4) is 5.75 Å². The number of carbonyl (C=O) groups is 1. The van der Waals surface area contributed by atoms with Crippen LogP contribution in [-0.4, -0.2) is 31.9 Å². The highest BCUT2D eigenvalue weighted by molar-refractivity contribution is 6.07. The van der Waals surface area contributed by atoms with Gasteiger partial charge in [0.05, 0.1) is 33.2 Å². The van der Waals surface area contributed by atoms with Crippen molar-refractivity contribution < 1.29 is 19.0 Å². The van der Waals surface area contributed by atoms with Crippen LogP contribution in [0.3, 0.4) is 0 Å². The van der Waals surface area contributed by atoms with Crippen molar-refractivity contribution >= 4 is 22.9 Å². The molecule has 0 amide bonds. The first-order chi connectivity index (χ1) is 12.7. The van der Waals surface area contributed by atoms with E-state index in [-0.39, 0.29) is 5.97 Å². The van der Waals surface area contributed by atoms with E-state index < -0.39 is 0 Å². The van der Waals surface area contributed by atoms with Crippen molar-refractivity contribution in [1.82, 2.24) is 4.57 Å². The van der Waals surface area contributed by atoms with E-state index in [1.54, 1.807) is 26.5 Å². The Morgan fingerprint density at radius 2 is 1.85 bits per heavy atom. The highest BCUT2D eigenvalue weighted by Crippen LogP contribution is 2.28. The van der Waals surface area contributed by atoms with Gasteiger partial charge in [0.1, 0.15) is 5.75 Å². The summed E-state index contributed by atoms with van der Waals surface area (Å²) in [5.74, 6) is 0.465. The zero-order valence-electron chi connectivity index (χ0n) is 15.1. The fraction of sp³-hybridized carbons (Fsp3) is 0.190. The molecule has 26 heavy (non-hydrogen) atoms. The first-order valence-electron chi connectivity index (χ1n) is 8.20. The van der Waals surface area contributed by atoms with Crippen LogP contribution in [0.4, 0.5) is 0 Å². The minimum Gasteiger partial charge on any atom is -0.504 e. The zero-order chi connectivity index (χ0) is 18.5. The van der Waals surface area contributed by atoms with Crippen molar-refractivity contribution in [1.29, 1.82) is 0 Å². The number of hydrogen-bond donors (Lipinski definition) is 0. The van der Waals surface area contributed by atoms with Crippen LogP contribution in [0.2, 0.25) is 0 Å². The second kappa shape index (κ2) is 7.78. The molecule has 0 aliphatic carbocycles. The molecule has 5 nitrogen and oxygen atoms in total. The van der Waals surface area contributed by atoms with E-state index in [2.05, 4.69) is 4.57 Å². The lowest BCUT2D eigenvalue weighted by Gasteiger charge is -2.08. The molecular formula is C21H21NO4. The fourth-order valence-corrected chi connectivity index (χ4v) is 2.99. The van der Waals surface area contributed by atoms with Crippen LogP contribution in [0.15, 0.2) is 54.9 Å². The molecule has 0 fully saturated rings. The molecule has 0 saturated heterocycles.